The largest absolute Gasteiger partial charge is 0.378 e. The van der Waals surface area contributed by atoms with E-state index in [4.69, 9.17) is 27.7 Å². The zero-order valence-electron chi connectivity index (χ0n) is 15.3. The Morgan fingerprint density at radius 3 is 2.23 bits per heavy atom. The van der Waals surface area contributed by atoms with Crippen molar-refractivity contribution < 1.29 is 14.2 Å². The lowest BCUT2D eigenvalue weighted by Crippen LogP contribution is -2.17. The summed E-state index contributed by atoms with van der Waals surface area (Å²) in [6.45, 7) is 4.18. The molecule has 0 aliphatic carbocycles. The molecular weight excluding hydrogens is 392 g/mol. The molecule has 26 heavy (non-hydrogen) atoms. The van der Waals surface area contributed by atoms with Gasteiger partial charge in [-0.3, -0.25) is 4.57 Å². The molecule has 2 aromatic carbocycles. The number of nitrogens with zero attached hydrogens (tertiary/aromatic N) is 1. The van der Waals surface area contributed by atoms with Crippen molar-refractivity contribution in [3.8, 4) is 0 Å². The van der Waals surface area contributed by atoms with E-state index in [2.05, 4.69) is 0 Å². The molecule has 0 radical (unpaired) electrons. The molecule has 0 heterocycles. The number of rotatable bonds is 7. The predicted octanol–water partition coefficient (Wildman–Crippen LogP) is 5.33. The van der Waals surface area contributed by atoms with E-state index >= 15 is 0 Å². The van der Waals surface area contributed by atoms with Gasteiger partial charge in [0, 0.05) is 40.7 Å². The monoisotopic (exact) mass is 415 g/mol. The molecule has 0 aliphatic heterocycles. The number of benzene rings is 2. The number of aliphatic hydroxyl groups is 1. The first-order valence-electron chi connectivity index (χ1n) is 8.30. The molecule has 4 nitrogen and oxygen atoms in total. The fraction of sp³-hybridized carbons (Fsp3) is 0.368. The Balaban J connectivity index is 2.48. The summed E-state index contributed by atoms with van der Waals surface area (Å²) in [6, 6.07) is 11.8. The standard InChI is InChI=1S/C19H24Cl2NO3P/c1-13(2)12-25-26(24,16-8-6-15(7-9-16)22(3)4)19(23)17-10-5-14(20)11-18(17)21/h5-11,13,19,23H,12H2,1-4H3/t19-,26+/m1/s1. The van der Waals surface area contributed by atoms with Gasteiger partial charge in [0.15, 0.2) is 5.85 Å². The molecule has 1 N–H and O–H groups in total. The van der Waals surface area contributed by atoms with Crippen LogP contribution in [0.1, 0.15) is 25.3 Å². The Kier molecular flexibility index (Phi) is 7.18. The molecule has 0 bridgehead atoms. The van der Waals surface area contributed by atoms with Crippen molar-refractivity contribution in [3.05, 3.63) is 58.1 Å². The summed E-state index contributed by atoms with van der Waals surface area (Å²) in [6.07, 6.45) is 0. The minimum atomic E-state index is -3.62. The van der Waals surface area contributed by atoms with E-state index < -0.39 is 13.2 Å². The quantitative estimate of drug-likeness (QED) is 0.621. The summed E-state index contributed by atoms with van der Waals surface area (Å²) in [4.78, 5) is 1.94. The molecule has 0 unspecified atom stereocenters. The van der Waals surface area contributed by atoms with Gasteiger partial charge in [-0.15, -0.1) is 0 Å². The smallest absolute Gasteiger partial charge is 0.264 e. The maximum Gasteiger partial charge on any atom is 0.264 e. The van der Waals surface area contributed by atoms with Crippen LogP contribution in [0, 0.1) is 5.92 Å². The van der Waals surface area contributed by atoms with E-state index in [9.17, 15) is 9.67 Å². The Morgan fingerprint density at radius 2 is 1.73 bits per heavy atom. The minimum absolute atomic E-state index is 0.164. The van der Waals surface area contributed by atoms with Crippen LogP contribution in [-0.2, 0) is 9.09 Å². The predicted molar refractivity (Wildman–Crippen MR) is 110 cm³/mol. The van der Waals surface area contributed by atoms with Crippen molar-refractivity contribution in [2.75, 3.05) is 25.6 Å². The first-order chi connectivity index (χ1) is 12.1. The van der Waals surface area contributed by atoms with E-state index in [1.54, 1.807) is 24.3 Å². The molecule has 0 fully saturated rings. The molecule has 0 saturated heterocycles. The Morgan fingerprint density at radius 1 is 1.12 bits per heavy atom. The molecule has 142 valence electrons. The van der Waals surface area contributed by atoms with E-state index in [1.165, 1.54) is 6.07 Å². The van der Waals surface area contributed by atoms with Gasteiger partial charge in [0.2, 0.25) is 0 Å². The van der Waals surface area contributed by atoms with Crippen LogP contribution in [0.4, 0.5) is 5.69 Å². The van der Waals surface area contributed by atoms with Gasteiger partial charge in [0.25, 0.3) is 7.37 Å². The van der Waals surface area contributed by atoms with Crippen LogP contribution >= 0.6 is 30.6 Å². The van der Waals surface area contributed by atoms with Crippen LogP contribution in [0.3, 0.4) is 0 Å². The van der Waals surface area contributed by atoms with Gasteiger partial charge in [-0.1, -0.05) is 43.1 Å². The summed E-state index contributed by atoms with van der Waals surface area (Å²) in [5.74, 6) is -1.21. The lowest BCUT2D eigenvalue weighted by atomic mass is 10.2. The maximum absolute atomic E-state index is 13.8. The molecule has 2 atom stereocenters. The fourth-order valence-corrected chi connectivity index (χ4v) is 5.23. The molecule has 0 spiro atoms. The van der Waals surface area contributed by atoms with E-state index in [0.717, 1.165) is 5.69 Å². The molecule has 2 aromatic rings. The summed E-state index contributed by atoms with van der Waals surface area (Å²) in [7, 11) is 0.224. The van der Waals surface area contributed by atoms with Crippen molar-refractivity contribution in [2.45, 2.75) is 19.7 Å². The first-order valence-corrected chi connectivity index (χ1v) is 10.8. The zero-order valence-corrected chi connectivity index (χ0v) is 17.7. The van der Waals surface area contributed by atoms with E-state index in [0.29, 0.717) is 15.9 Å². The van der Waals surface area contributed by atoms with Gasteiger partial charge in [0.1, 0.15) is 0 Å². The highest BCUT2D eigenvalue weighted by Gasteiger charge is 2.37. The molecule has 7 heteroatoms. The van der Waals surface area contributed by atoms with Gasteiger partial charge in [-0.25, -0.2) is 0 Å². The van der Waals surface area contributed by atoms with Crippen LogP contribution in [0.5, 0.6) is 0 Å². The normalized spacial score (nSPS) is 14.9. The zero-order chi connectivity index (χ0) is 19.5. The number of halogens is 2. The second-order valence-corrected chi connectivity index (χ2v) is 10.0. The lowest BCUT2D eigenvalue weighted by molar-refractivity contribution is 0.203. The highest BCUT2D eigenvalue weighted by Crippen LogP contribution is 2.59. The number of hydrogen-bond donors (Lipinski definition) is 1. The maximum atomic E-state index is 13.8. The molecule has 2 rings (SSSR count). The third kappa shape index (κ3) is 4.82. The minimum Gasteiger partial charge on any atom is -0.378 e. The molecule has 0 saturated carbocycles. The SMILES string of the molecule is CC(C)CO[P@@](=O)(c1ccc(N(C)C)cc1)[C@@H](O)c1ccc(Cl)cc1Cl. The van der Waals surface area contributed by atoms with Crippen LogP contribution in [0.15, 0.2) is 42.5 Å². The van der Waals surface area contributed by atoms with Crippen molar-refractivity contribution in [1.82, 2.24) is 0 Å². The summed E-state index contributed by atoms with van der Waals surface area (Å²) >= 11 is 12.2. The van der Waals surface area contributed by atoms with Crippen LogP contribution in [-0.4, -0.2) is 25.8 Å². The molecule has 0 amide bonds. The first kappa shape index (κ1) is 21.3. The average Bonchev–Trinajstić information content (AvgIpc) is 2.59. The Labute approximate surface area is 165 Å². The van der Waals surface area contributed by atoms with Crippen molar-refractivity contribution >= 4 is 41.6 Å². The Bertz CT molecular complexity index is 794. The highest BCUT2D eigenvalue weighted by molar-refractivity contribution is 7.67. The number of aliphatic hydroxyl groups excluding tert-OH is 1. The molecule has 0 aliphatic rings. The van der Waals surface area contributed by atoms with Crippen LogP contribution < -0.4 is 10.2 Å². The average molecular weight is 416 g/mol. The van der Waals surface area contributed by atoms with Crippen molar-refractivity contribution in [2.24, 2.45) is 5.92 Å². The van der Waals surface area contributed by atoms with Crippen molar-refractivity contribution in [3.63, 3.8) is 0 Å². The lowest BCUT2D eigenvalue weighted by Gasteiger charge is -2.26. The molecule has 0 aromatic heterocycles. The second kappa shape index (κ2) is 8.77. The summed E-state index contributed by atoms with van der Waals surface area (Å²) in [5.41, 5.74) is 1.29. The van der Waals surface area contributed by atoms with Crippen LogP contribution in [0.2, 0.25) is 10.0 Å². The van der Waals surface area contributed by atoms with Crippen LogP contribution in [0.25, 0.3) is 0 Å². The van der Waals surface area contributed by atoms with Crippen molar-refractivity contribution in [1.29, 1.82) is 0 Å². The Hall–Kier alpha value is -1.03. The topological polar surface area (TPSA) is 49.8 Å². The number of anilines is 1. The third-order valence-corrected chi connectivity index (χ3v) is 6.92. The highest BCUT2D eigenvalue weighted by atomic mass is 35.5. The van der Waals surface area contributed by atoms with Gasteiger partial charge < -0.3 is 14.5 Å². The second-order valence-electron chi connectivity index (χ2n) is 6.74. The van der Waals surface area contributed by atoms with Gasteiger partial charge in [0.05, 0.1) is 6.61 Å². The molecular formula is C19H24Cl2NO3P. The van der Waals surface area contributed by atoms with E-state index in [1.807, 2.05) is 45.0 Å². The van der Waals surface area contributed by atoms with Gasteiger partial charge in [-0.05, 0) is 42.3 Å². The summed E-state index contributed by atoms with van der Waals surface area (Å²) < 4.78 is 19.5. The summed E-state index contributed by atoms with van der Waals surface area (Å²) in [5, 5.41) is 12.1. The third-order valence-electron chi connectivity index (χ3n) is 3.89. The van der Waals surface area contributed by atoms with Gasteiger partial charge in [-0.2, -0.15) is 0 Å². The van der Waals surface area contributed by atoms with Gasteiger partial charge >= 0.3 is 0 Å². The van der Waals surface area contributed by atoms with E-state index in [-0.39, 0.29) is 17.5 Å². The fourth-order valence-electron chi connectivity index (χ4n) is 2.40. The number of hydrogen-bond acceptors (Lipinski definition) is 4.